The zero-order chi connectivity index (χ0) is 37.1. The van der Waals surface area contributed by atoms with Crippen LogP contribution in [0, 0.1) is 0 Å². The van der Waals surface area contributed by atoms with Crippen molar-refractivity contribution in [1.82, 2.24) is 5.32 Å². The summed E-state index contributed by atoms with van der Waals surface area (Å²) < 4.78 is 0. The molecule has 2 unspecified atom stereocenters. The number of aliphatic hydroxyl groups excluding tert-OH is 2. The second kappa shape index (κ2) is 43.5. The minimum absolute atomic E-state index is 0.0622. The number of amides is 1. The van der Waals surface area contributed by atoms with E-state index in [1.165, 1.54) is 218 Å². The van der Waals surface area contributed by atoms with Crippen molar-refractivity contribution in [2.45, 2.75) is 276 Å². The smallest absolute Gasteiger partial charge is 0.220 e. The van der Waals surface area contributed by atoms with Crippen LogP contribution in [-0.4, -0.2) is 34.9 Å². The second-order valence-electron chi connectivity index (χ2n) is 16.2. The van der Waals surface area contributed by atoms with Crippen molar-refractivity contribution in [3.05, 3.63) is 12.2 Å². The van der Waals surface area contributed by atoms with Crippen molar-refractivity contribution in [2.75, 3.05) is 6.61 Å². The lowest BCUT2D eigenvalue weighted by Crippen LogP contribution is -2.45. The molecule has 0 aromatic carbocycles. The summed E-state index contributed by atoms with van der Waals surface area (Å²) in [5.74, 6) is -0.0622. The third-order valence-corrected chi connectivity index (χ3v) is 11.0. The molecule has 0 saturated heterocycles. The quantitative estimate of drug-likeness (QED) is 0.0434. The number of allylic oxidation sites excluding steroid dienone is 1. The van der Waals surface area contributed by atoms with Gasteiger partial charge >= 0.3 is 0 Å². The Bertz CT molecular complexity index is 695. The van der Waals surface area contributed by atoms with E-state index in [0.29, 0.717) is 6.42 Å². The van der Waals surface area contributed by atoms with E-state index in [1.54, 1.807) is 6.08 Å². The van der Waals surface area contributed by atoms with Gasteiger partial charge in [0.05, 0.1) is 18.8 Å². The van der Waals surface area contributed by atoms with E-state index in [0.717, 1.165) is 25.7 Å². The molecule has 2 atom stereocenters. The van der Waals surface area contributed by atoms with E-state index < -0.39 is 12.1 Å². The zero-order valence-electron chi connectivity index (χ0n) is 34.9. The number of nitrogens with one attached hydrogen (secondary N) is 1. The summed E-state index contributed by atoms with van der Waals surface area (Å²) in [7, 11) is 0. The highest BCUT2D eigenvalue weighted by molar-refractivity contribution is 5.76. The molecule has 0 aromatic heterocycles. The van der Waals surface area contributed by atoms with Crippen molar-refractivity contribution < 1.29 is 15.0 Å². The van der Waals surface area contributed by atoms with E-state index in [1.807, 2.05) is 6.08 Å². The average Bonchev–Trinajstić information content (AvgIpc) is 3.13. The summed E-state index contributed by atoms with van der Waals surface area (Å²) in [6.07, 6.45) is 54.9. The van der Waals surface area contributed by atoms with E-state index in [-0.39, 0.29) is 12.5 Å². The molecule has 1 amide bonds. The topological polar surface area (TPSA) is 69.6 Å². The molecule has 0 aliphatic carbocycles. The van der Waals surface area contributed by atoms with Gasteiger partial charge in [0.1, 0.15) is 0 Å². The summed E-state index contributed by atoms with van der Waals surface area (Å²) >= 11 is 0. The summed E-state index contributed by atoms with van der Waals surface area (Å²) in [4.78, 5) is 12.3. The van der Waals surface area contributed by atoms with E-state index in [9.17, 15) is 15.0 Å². The SMILES string of the molecule is CCCCCCCCCCCCCCCCCCCCCCCCCCCC/C=C/C(O)C(CO)NC(=O)CCCCCCCCCCCCC. The van der Waals surface area contributed by atoms with Gasteiger partial charge in [-0.1, -0.05) is 251 Å². The van der Waals surface area contributed by atoms with Crippen LogP contribution in [-0.2, 0) is 4.79 Å². The van der Waals surface area contributed by atoms with Gasteiger partial charge in [0, 0.05) is 6.42 Å². The fourth-order valence-corrected chi connectivity index (χ4v) is 7.42. The molecule has 0 rings (SSSR count). The van der Waals surface area contributed by atoms with Crippen LogP contribution in [0.1, 0.15) is 264 Å². The number of unbranched alkanes of at least 4 members (excludes halogenated alkanes) is 36. The molecule has 0 spiro atoms. The van der Waals surface area contributed by atoms with Crippen LogP contribution in [0.3, 0.4) is 0 Å². The minimum atomic E-state index is -0.833. The molecule has 0 aliphatic heterocycles. The van der Waals surface area contributed by atoms with Crippen LogP contribution < -0.4 is 5.32 Å². The van der Waals surface area contributed by atoms with Gasteiger partial charge in [-0.3, -0.25) is 4.79 Å². The number of aliphatic hydroxyl groups is 2. The maximum Gasteiger partial charge on any atom is 0.220 e. The van der Waals surface area contributed by atoms with Crippen LogP contribution in [0.15, 0.2) is 12.2 Å². The van der Waals surface area contributed by atoms with Gasteiger partial charge in [0.2, 0.25) is 5.91 Å². The largest absolute Gasteiger partial charge is 0.394 e. The van der Waals surface area contributed by atoms with Crippen LogP contribution >= 0.6 is 0 Å². The summed E-state index contributed by atoms with van der Waals surface area (Å²) in [6, 6.07) is -0.615. The molecule has 0 bridgehead atoms. The summed E-state index contributed by atoms with van der Waals surface area (Å²) in [6.45, 7) is 4.32. The monoisotopic (exact) mass is 720 g/mol. The second-order valence-corrected chi connectivity index (χ2v) is 16.2. The Morgan fingerprint density at radius 3 is 1.02 bits per heavy atom. The van der Waals surface area contributed by atoms with Gasteiger partial charge in [-0.2, -0.15) is 0 Å². The third kappa shape index (κ3) is 40.2. The first-order chi connectivity index (χ1) is 25.2. The first-order valence-corrected chi connectivity index (χ1v) is 23.4. The minimum Gasteiger partial charge on any atom is -0.394 e. The van der Waals surface area contributed by atoms with Crippen LogP contribution in [0.2, 0.25) is 0 Å². The van der Waals surface area contributed by atoms with Crippen molar-refractivity contribution in [3.8, 4) is 0 Å². The van der Waals surface area contributed by atoms with Gasteiger partial charge in [-0.25, -0.2) is 0 Å². The molecule has 0 aliphatic rings. The lowest BCUT2D eigenvalue weighted by Gasteiger charge is -2.20. The molecule has 304 valence electrons. The molecule has 0 saturated carbocycles. The molecule has 0 heterocycles. The van der Waals surface area contributed by atoms with Gasteiger partial charge < -0.3 is 15.5 Å². The van der Waals surface area contributed by atoms with Gasteiger partial charge in [0.15, 0.2) is 0 Å². The Morgan fingerprint density at radius 1 is 0.451 bits per heavy atom. The van der Waals surface area contributed by atoms with E-state index in [4.69, 9.17) is 0 Å². The standard InChI is InChI=1S/C47H93NO3/c1-3-5-7-9-11-13-15-16-17-18-19-20-21-22-23-24-25-26-27-28-29-30-31-33-34-36-38-40-42-46(50)45(44-49)48-47(51)43-41-39-37-35-32-14-12-10-8-6-4-2/h40,42,45-46,49-50H,3-39,41,43-44H2,1-2H3,(H,48,51)/b42-40+. The highest BCUT2D eigenvalue weighted by atomic mass is 16.3. The predicted molar refractivity (Wildman–Crippen MR) is 226 cm³/mol. The lowest BCUT2D eigenvalue weighted by atomic mass is 10.0. The number of carbonyl (C=O) groups is 1. The molecule has 0 radical (unpaired) electrons. The first-order valence-electron chi connectivity index (χ1n) is 23.4. The molecular weight excluding hydrogens is 627 g/mol. The van der Waals surface area contributed by atoms with Crippen LogP contribution in [0.25, 0.3) is 0 Å². The van der Waals surface area contributed by atoms with Gasteiger partial charge in [0.25, 0.3) is 0 Å². The molecule has 51 heavy (non-hydrogen) atoms. The molecule has 3 N–H and O–H groups in total. The average molecular weight is 720 g/mol. The van der Waals surface area contributed by atoms with Crippen molar-refractivity contribution >= 4 is 5.91 Å². The molecule has 4 nitrogen and oxygen atoms in total. The Labute approximate surface area is 320 Å². The maximum atomic E-state index is 12.3. The van der Waals surface area contributed by atoms with Crippen LogP contribution in [0.5, 0.6) is 0 Å². The first kappa shape index (κ1) is 50.1. The Hall–Kier alpha value is -0.870. The number of rotatable bonds is 43. The fourth-order valence-electron chi connectivity index (χ4n) is 7.42. The number of carbonyl (C=O) groups excluding carboxylic acids is 1. The highest BCUT2D eigenvalue weighted by Crippen LogP contribution is 2.17. The zero-order valence-corrected chi connectivity index (χ0v) is 34.9. The summed E-state index contributed by atoms with van der Waals surface area (Å²) in [5.41, 5.74) is 0. The third-order valence-electron chi connectivity index (χ3n) is 11.0. The highest BCUT2D eigenvalue weighted by Gasteiger charge is 2.18. The number of hydrogen-bond donors (Lipinski definition) is 3. The normalized spacial score (nSPS) is 12.9. The Morgan fingerprint density at radius 2 is 0.725 bits per heavy atom. The Kier molecular flexibility index (Phi) is 42.8. The predicted octanol–water partition coefficient (Wildman–Crippen LogP) is 14.6. The summed E-state index contributed by atoms with van der Waals surface area (Å²) in [5, 5.41) is 23.0. The Balaban J connectivity index is 3.44. The van der Waals surface area contributed by atoms with E-state index in [2.05, 4.69) is 19.2 Å². The van der Waals surface area contributed by atoms with Gasteiger partial charge in [-0.05, 0) is 19.3 Å². The fraction of sp³-hybridized carbons (Fsp3) is 0.936. The lowest BCUT2D eigenvalue weighted by molar-refractivity contribution is -0.123. The molecule has 4 heteroatoms. The van der Waals surface area contributed by atoms with Crippen molar-refractivity contribution in [3.63, 3.8) is 0 Å². The number of hydrogen-bond acceptors (Lipinski definition) is 3. The van der Waals surface area contributed by atoms with Crippen molar-refractivity contribution in [2.24, 2.45) is 0 Å². The maximum absolute atomic E-state index is 12.3. The van der Waals surface area contributed by atoms with Crippen LogP contribution in [0.4, 0.5) is 0 Å². The van der Waals surface area contributed by atoms with Crippen molar-refractivity contribution in [1.29, 1.82) is 0 Å². The molecule has 0 fully saturated rings. The molecule has 0 aromatic rings. The van der Waals surface area contributed by atoms with Gasteiger partial charge in [-0.15, -0.1) is 0 Å². The molecular formula is C47H93NO3. The van der Waals surface area contributed by atoms with E-state index >= 15 is 0 Å².